The molecule has 36 heavy (non-hydrogen) atoms. The van der Waals surface area contributed by atoms with Crippen LogP contribution in [0.2, 0.25) is 0 Å². The lowest BCUT2D eigenvalue weighted by atomic mass is 10.2. The quantitative estimate of drug-likeness (QED) is 0.291. The molecule has 4 rings (SSSR count). The van der Waals surface area contributed by atoms with Crippen LogP contribution in [-0.2, 0) is 9.59 Å². The van der Waals surface area contributed by atoms with Crippen molar-refractivity contribution >= 4 is 47.2 Å². The van der Waals surface area contributed by atoms with Crippen molar-refractivity contribution in [2.24, 2.45) is 5.10 Å². The first-order valence-corrected chi connectivity index (χ1v) is 13.2. The Labute approximate surface area is 216 Å². The van der Waals surface area contributed by atoms with E-state index in [2.05, 4.69) is 15.8 Å². The number of hydrazone groups is 1. The summed E-state index contributed by atoms with van der Waals surface area (Å²) in [5.74, 6) is 2.17. The minimum absolute atomic E-state index is 0.175. The lowest BCUT2D eigenvalue weighted by molar-refractivity contribution is -0.123. The maximum absolute atomic E-state index is 13.0. The highest BCUT2D eigenvalue weighted by molar-refractivity contribution is 8.19. The monoisotopic (exact) mass is 525 g/mol. The van der Waals surface area contributed by atoms with Gasteiger partial charge in [0, 0.05) is 22.8 Å². The molecule has 0 atom stereocenters. The van der Waals surface area contributed by atoms with Gasteiger partial charge in [-0.05, 0) is 54.1 Å². The molecule has 0 spiro atoms. The zero-order valence-corrected chi connectivity index (χ0v) is 20.8. The molecule has 3 aromatic rings. The summed E-state index contributed by atoms with van der Waals surface area (Å²) in [6.07, 6.45) is 1.43. The standard InChI is InChI=1S/C26H24FN3O4S2/c27-20-7-9-21(10-8-20)29-24(31)16-34-23-4-2-1-3-19(23)15-28-30-25(32)17-33-22-11-5-18(6-12-22)26-35-13-14-36-26/h1-12,15,26H,13-14,16-17H2,(H,29,31)(H,30,32)/b28-15-. The van der Waals surface area contributed by atoms with E-state index in [-0.39, 0.29) is 19.0 Å². The van der Waals surface area contributed by atoms with Crippen molar-refractivity contribution in [2.75, 3.05) is 30.0 Å². The number of thioether (sulfide) groups is 2. The number of rotatable bonds is 10. The number of para-hydroxylation sites is 1. The molecule has 1 heterocycles. The van der Waals surface area contributed by atoms with Gasteiger partial charge in [-0.3, -0.25) is 9.59 Å². The molecule has 3 aromatic carbocycles. The molecule has 0 aromatic heterocycles. The van der Waals surface area contributed by atoms with E-state index in [1.165, 1.54) is 36.0 Å². The molecule has 10 heteroatoms. The first kappa shape index (κ1) is 25.6. The molecule has 1 aliphatic rings. The fraction of sp³-hybridized carbons (Fsp3) is 0.192. The molecule has 7 nitrogen and oxygen atoms in total. The van der Waals surface area contributed by atoms with E-state index in [4.69, 9.17) is 9.47 Å². The van der Waals surface area contributed by atoms with Crippen LogP contribution < -0.4 is 20.2 Å². The molecule has 1 fully saturated rings. The molecule has 186 valence electrons. The van der Waals surface area contributed by atoms with Gasteiger partial charge in [-0.2, -0.15) is 5.10 Å². The average Bonchev–Trinajstić information content (AvgIpc) is 3.44. The largest absolute Gasteiger partial charge is 0.484 e. The third-order valence-corrected chi connectivity index (χ3v) is 8.05. The molecule has 0 radical (unpaired) electrons. The predicted octanol–water partition coefficient (Wildman–Crippen LogP) is 4.85. The second kappa shape index (κ2) is 13.0. The van der Waals surface area contributed by atoms with Crippen LogP contribution in [0.4, 0.5) is 10.1 Å². The van der Waals surface area contributed by atoms with E-state index in [1.54, 1.807) is 24.3 Å². The van der Waals surface area contributed by atoms with Crippen LogP contribution in [0.25, 0.3) is 0 Å². The zero-order valence-electron chi connectivity index (χ0n) is 19.2. The molecule has 0 saturated carbocycles. The summed E-state index contributed by atoms with van der Waals surface area (Å²) in [5.41, 5.74) is 4.71. The molecule has 1 aliphatic heterocycles. The Morgan fingerprint density at radius 3 is 2.36 bits per heavy atom. The Kier molecular flexibility index (Phi) is 9.23. The summed E-state index contributed by atoms with van der Waals surface area (Å²) < 4.78 is 24.6. The van der Waals surface area contributed by atoms with Gasteiger partial charge in [0.25, 0.3) is 11.8 Å². The molecule has 0 bridgehead atoms. The van der Waals surface area contributed by atoms with Crippen LogP contribution in [0.1, 0.15) is 15.7 Å². The number of halogens is 1. The van der Waals surface area contributed by atoms with E-state index < -0.39 is 11.8 Å². The second-order valence-electron chi connectivity index (χ2n) is 7.61. The average molecular weight is 526 g/mol. The van der Waals surface area contributed by atoms with E-state index in [1.807, 2.05) is 47.8 Å². The summed E-state index contributed by atoms with van der Waals surface area (Å²) in [6.45, 7) is -0.426. The highest BCUT2D eigenvalue weighted by atomic mass is 32.2. The van der Waals surface area contributed by atoms with Crippen molar-refractivity contribution in [1.82, 2.24) is 5.43 Å². The van der Waals surface area contributed by atoms with Gasteiger partial charge in [0.1, 0.15) is 17.3 Å². The molecular weight excluding hydrogens is 501 g/mol. The van der Waals surface area contributed by atoms with Gasteiger partial charge in [0.05, 0.1) is 10.8 Å². The van der Waals surface area contributed by atoms with E-state index in [0.29, 0.717) is 27.3 Å². The molecule has 2 N–H and O–H groups in total. The molecule has 0 aliphatic carbocycles. The van der Waals surface area contributed by atoms with Crippen molar-refractivity contribution in [1.29, 1.82) is 0 Å². The summed E-state index contributed by atoms with van der Waals surface area (Å²) in [5, 5.41) is 6.58. The first-order chi connectivity index (χ1) is 17.6. The van der Waals surface area contributed by atoms with Gasteiger partial charge in [-0.25, -0.2) is 9.82 Å². The summed E-state index contributed by atoms with van der Waals surface area (Å²) >= 11 is 3.87. The minimum atomic E-state index is -0.408. The van der Waals surface area contributed by atoms with Crippen LogP contribution in [0.15, 0.2) is 77.9 Å². The summed E-state index contributed by atoms with van der Waals surface area (Å²) in [4.78, 5) is 24.2. The van der Waals surface area contributed by atoms with Crippen molar-refractivity contribution < 1.29 is 23.5 Å². The van der Waals surface area contributed by atoms with Crippen LogP contribution in [-0.4, -0.2) is 42.7 Å². The summed E-state index contributed by atoms with van der Waals surface area (Å²) in [7, 11) is 0. The van der Waals surface area contributed by atoms with Crippen molar-refractivity contribution in [3.05, 3.63) is 89.7 Å². The van der Waals surface area contributed by atoms with E-state index >= 15 is 0 Å². The maximum atomic E-state index is 13.0. The SMILES string of the molecule is O=C(COc1ccc(C2SCCS2)cc1)N/N=C\c1ccccc1OCC(=O)Nc1ccc(F)cc1. The predicted molar refractivity (Wildman–Crippen MR) is 142 cm³/mol. The number of hydrogen-bond acceptors (Lipinski definition) is 7. The Morgan fingerprint density at radius 1 is 0.917 bits per heavy atom. The smallest absolute Gasteiger partial charge is 0.277 e. The van der Waals surface area contributed by atoms with Crippen LogP contribution >= 0.6 is 23.5 Å². The van der Waals surface area contributed by atoms with Gasteiger partial charge < -0.3 is 14.8 Å². The van der Waals surface area contributed by atoms with Gasteiger partial charge >= 0.3 is 0 Å². The molecular formula is C26H24FN3O4S2. The fourth-order valence-electron chi connectivity index (χ4n) is 3.22. The number of nitrogens with zero attached hydrogens (tertiary/aromatic N) is 1. The van der Waals surface area contributed by atoms with Crippen molar-refractivity contribution in [3.63, 3.8) is 0 Å². The minimum Gasteiger partial charge on any atom is -0.484 e. The molecule has 1 saturated heterocycles. The van der Waals surface area contributed by atoms with E-state index in [0.717, 1.165) is 11.5 Å². The topological polar surface area (TPSA) is 89.0 Å². The van der Waals surface area contributed by atoms with Crippen LogP contribution in [0.3, 0.4) is 0 Å². The highest BCUT2D eigenvalue weighted by Gasteiger charge is 2.18. The van der Waals surface area contributed by atoms with Gasteiger partial charge in [-0.15, -0.1) is 23.5 Å². The third kappa shape index (κ3) is 7.76. The Morgan fingerprint density at radius 2 is 1.61 bits per heavy atom. The Hall–Kier alpha value is -3.50. The van der Waals surface area contributed by atoms with Gasteiger partial charge in [-0.1, -0.05) is 24.3 Å². The van der Waals surface area contributed by atoms with Crippen LogP contribution in [0, 0.1) is 5.82 Å². The molecule has 0 unspecified atom stereocenters. The first-order valence-electron chi connectivity index (χ1n) is 11.1. The Balaban J connectivity index is 1.22. The van der Waals surface area contributed by atoms with Crippen molar-refractivity contribution in [2.45, 2.75) is 4.58 Å². The number of carbonyl (C=O) groups excluding carboxylic acids is 2. The fourth-order valence-corrected chi connectivity index (χ4v) is 6.08. The lowest BCUT2D eigenvalue weighted by Gasteiger charge is -2.10. The zero-order chi connectivity index (χ0) is 25.2. The van der Waals surface area contributed by atoms with Gasteiger partial charge in [0.2, 0.25) is 0 Å². The number of amides is 2. The number of carbonyl (C=O) groups is 2. The number of nitrogens with one attached hydrogen (secondary N) is 2. The highest BCUT2D eigenvalue weighted by Crippen LogP contribution is 2.45. The summed E-state index contributed by atoms with van der Waals surface area (Å²) in [6, 6.07) is 20.2. The van der Waals surface area contributed by atoms with E-state index in [9.17, 15) is 14.0 Å². The Bertz CT molecular complexity index is 1200. The number of ether oxygens (including phenoxy) is 2. The lowest BCUT2D eigenvalue weighted by Crippen LogP contribution is -2.24. The normalized spacial score (nSPS) is 13.5. The number of benzene rings is 3. The molecule has 2 amide bonds. The number of anilines is 1. The second-order valence-corrected chi connectivity index (χ2v) is 10.3. The van der Waals surface area contributed by atoms with Crippen LogP contribution in [0.5, 0.6) is 11.5 Å². The van der Waals surface area contributed by atoms with Gasteiger partial charge in [0.15, 0.2) is 13.2 Å². The third-order valence-electron chi connectivity index (χ3n) is 4.94. The number of hydrogen-bond donors (Lipinski definition) is 2. The van der Waals surface area contributed by atoms with Crippen molar-refractivity contribution in [3.8, 4) is 11.5 Å². The maximum Gasteiger partial charge on any atom is 0.277 e.